The standard InChI is InChI=1S/C11H11ClFN3/c1-11(2,3)10-7-4-6(12)5-8(13)9(7)14-16-15-10/h4-5H,1-3H3. The van der Waals surface area contributed by atoms with Crippen LogP contribution in [-0.2, 0) is 5.41 Å². The largest absolute Gasteiger partial charge is 0.204 e. The molecule has 2 rings (SSSR count). The van der Waals surface area contributed by atoms with Gasteiger partial charge in [0.15, 0.2) is 5.82 Å². The molecule has 0 aliphatic heterocycles. The second-order valence-corrected chi connectivity index (χ2v) is 5.11. The van der Waals surface area contributed by atoms with E-state index in [1.807, 2.05) is 20.8 Å². The zero-order chi connectivity index (χ0) is 11.9. The van der Waals surface area contributed by atoms with Crippen LogP contribution in [0.3, 0.4) is 0 Å². The van der Waals surface area contributed by atoms with Crippen LogP contribution >= 0.6 is 11.6 Å². The van der Waals surface area contributed by atoms with Crippen LogP contribution in [0.2, 0.25) is 5.02 Å². The van der Waals surface area contributed by atoms with Crippen LogP contribution in [0.15, 0.2) is 12.1 Å². The first-order valence-electron chi connectivity index (χ1n) is 4.88. The van der Waals surface area contributed by atoms with E-state index >= 15 is 0 Å². The van der Waals surface area contributed by atoms with Gasteiger partial charge >= 0.3 is 0 Å². The van der Waals surface area contributed by atoms with Crippen molar-refractivity contribution in [1.29, 1.82) is 0 Å². The Morgan fingerprint density at radius 2 is 1.88 bits per heavy atom. The summed E-state index contributed by atoms with van der Waals surface area (Å²) in [6.45, 7) is 5.94. The second-order valence-electron chi connectivity index (χ2n) is 4.67. The number of hydrogen-bond donors (Lipinski definition) is 0. The van der Waals surface area contributed by atoms with Crippen molar-refractivity contribution < 1.29 is 4.39 Å². The number of nitrogens with zero attached hydrogens (tertiary/aromatic N) is 3. The van der Waals surface area contributed by atoms with Gasteiger partial charge in [-0.05, 0) is 17.3 Å². The van der Waals surface area contributed by atoms with Gasteiger partial charge in [0, 0.05) is 15.8 Å². The molecule has 0 saturated carbocycles. The molecule has 1 heterocycles. The Bertz CT molecular complexity index is 549. The summed E-state index contributed by atoms with van der Waals surface area (Å²) >= 11 is 5.83. The molecular weight excluding hydrogens is 229 g/mol. The Hall–Kier alpha value is -1.29. The molecule has 0 radical (unpaired) electrons. The van der Waals surface area contributed by atoms with Gasteiger partial charge in [0.25, 0.3) is 0 Å². The lowest BCUT2D eigenvalue weighted by Crippen LogP contribution is -2.16. The van der Waals surface area contributed by atoms with Crippen LogP contribution in [0.5, 0.6) is 0 Å². The van der Waals surface area contributed by atoms with Gasteiger partial charge in [0.05, 0.1) is 5.69 Å². The van der Waals surface area contributed by atoms with Gasteiger partial charge in [0.2, 0.25) is 0 Å². The number of aromatic nitrogens is 3. The van der Waals surface area contributed by atoms with Crippen LogP contribution < -0.4 is 0 Å². The van der Waals surface area contributed by atoms with E-state index in [4.69, 9.17) is 11.6 Å². The molecule has 0 aliphatic rings. The van der Waals surface area contributed by atoms with Gasteiger partial charge in [-0.25, -0.2) is 4.39 Å². The molecule has 0 spiro atoms. The quantitative estimate of drug-likeness (QED) is 0.709. The highest BCUT2D eigenvalue weighted by atomic mass is 35.5. The predicted molar refractivity (Wildman–Crippen MR) is 61.0 cm³/mol. The Kier molecular flexibility index (Phi) is 2.54. The first kappa shape index (κ1) is 11.2. The Balaban J connectivity index is 2.87. The van der Waals surface area contributed by atoms with E-state index in [2.05, 4.69) is 15.4 Å². The number of fused-ring (bicyclic) bond motifs is 1. The first-order chi connectivity index (χ1) is 7.39. The maximum Gasteiger partial charge on any atom is 0.152 e. The van der Waals surface area contributed by atoms with Crippen molar-refractivity contribution in [3.8, 4) is 0 Å². The maximum atomic E-state index is 13.6. The summed E-state index contributed by atoms with van der Waals surface area (Å²) in [5.41, 5.74) is 0.675. The van der Waals surface area contributed by atoms with Crippen molar-refractivity contribution in [2.45, 2.75) is 26.2 Å². The van der Waals surface area contributed by atoms with E-state index in [1.165, 1.54) is 6.07 Å². The third-order valence-electron chi connectivity index (χ3n) is 2.28. The minimum Gasteiger partial charge on any atom is -0.204 e. The third-order valence-corrected chi connectivity index (χ3v) is 2.50. The summed E-state index contributed by atoms with van der Waals surface area (Å²) in [7, 11) is 0. The Morgan fingerprint density at radius 1 is 1.19 bits per heavy atom. The van der Waals surface area contributed by atoms with Crippen LogP contribution in [-0.4, -0.2) is 15.4 Å². The number of hydrogen-bond acceptors (Lipinski definition) is 3. The zero-order valence-corrected chi connectivity index (χ0v) is 10.0. The normalized spacial score (nSPS) is 12.1. The fourth-order valence-corrected chi connectivity index (χ4v) is 1.77. The predicted octanol–water partition coefficient (Wildman–Crippen LogP) is 3.11. The van der Waals surface area contributed by atoms with Crippen molar-refractivity contribution in [1.82, 2.24) is 15.4 Å². The van der Waals surface area contributed by atoms with Gasteiger partial charge in [-0.3, -0.25) is 0 Å². The van der Waals surface area contributed by atoms with E-state index in [0.717, 1.165) is 0 Å². The van der Waals surface area contributed by atoms with Crippen LogP contribution in [0.25, 0.3) is 10.9 Å². The van der Waals surface area contributed by atoms with Crippen LogP contribution in [0.1, 0.15) is 26.5 Å². The lowest BCUT2D eigenvalue weighted by molar-refractivity contribution is 0.557. The van der Waals surface area contributed by atoms with E-state index in [0.29, 0.717) is 16.1 Å². The van der Waals surface area contributed by atoms with Gasteiger partial charge in [-0.1, -0.05) is 32.4 Å². The molecule has 1 aromatic carbocycles. The summed E-state index contributed by atoms with van der Waals surface area (Å²) in [4.78, 5) is 0. The van der Waals surface area contributed by atoms with Crippen molar-refractivity contribution in [2.75, 3.05) is 0 Å². The van der Waals surface area contributed by atoms with E-state index in [1.54, 1.807) is 6.07 Å². The summed E-state index contributed by atoms with van der Waals surface area (Å²) < 4.78 is 13.6. The Morgan fingerprint density at radius 3 is 2.50 bits per heavy atom. The summed E-state index contributed by atoms with van der Waals surface area (Å²) in [6.07, 6.45) is 0. The molecule has 0 bridgehead atoms. The van der Waals surface area contributed by atoms with E-state index in [-0.39, 0.29) is 10.9 Å². The average Bonchev–Trinajstić information content (AvgIpc) is 2.15. The molecule has 0 saturated heterocycles. The third kappa shape index (κ3) is 1.85. The van der Waals surface area contributed by atoms with Crippen molar-refractivity contribution in [2.24, 2.45) is 0 Å². The lowest BCUT2D eigenvalue weighted by atomic mass is 9.89. The molecular formula is C11H11ClFN3. The van der Waals surface area contributed by atoms with Crippen molar-refractivity contribution in [3.63, 3.8) is 0 Å². The van der Waals surface area contributed by atoms with Gasteiger partial charge in [-0.15, -0.1) is 10.2 Å². The highest BCUT2D eigenvalue weighted by Gasteiger charge is 2.21. The second kappa shape index (κ2) is 3.63. The zero-order valence-electron chi connectivity index (χ0n) is 9.25. The molecule has 0 amide bonds. The minimum atomic E-state index is -0.470. The molecule has 1 aromatic heterocycles. The molecule has 84 valence electrons. The maximum absolute atomic E-state index is 13.6. The average molecular weight is 240 g/mol. The van der Waals surface area contributed by atoms with Crippen molar-refractivity contribution in [3.05, 3.63) is 28.7 Å². The monoisotopic (exact) mass is 239 g/mol. The summed E-state index contributed by atoms with van der Waals surface area (Å²) in [5.74, 6) is -0.470. The molecule has 16 heavy (non-hydrogen) atoms. The van der Waals surface area contributed by atoms with E-state index < -0.39 is 5.82 Å². The Labute approximate surface area is 97.6 Å². The summed E-state index contributed by atoms with van der Waals surface area (Å²) in [6, 6.07) is 2.90. The molecule has 0 fully saturated rings. The van der Waals surface area contributed by atoms with Crippen LogP contribution in [0, 0.1) is 5.82 Å². The smallest absolute Gasteiger partial charge is 0.152 e. The van der Waals surface area contributed by atoms with E-state index in [9.17, 15) is 4.39 Å². The number of rotatable bonds is 0. The van der Waals surface area contributed by atoms with Gasteiger partial charge in [0.1, 0.15) is 5.52 Å². The van der Waals surface area contributed by atoms with Gasteiger partial charge < -0.3 is 0 Å². The molecule has 0 unspecified atom stereocenters. The minimum absolute atomic E-state index is 0.212. The fourth-order valence-electron chi connectivity index (χ4n) is 1.57. The van der Waals surface area contributed by atoms with Gasteiger partial charge in [-0.2, -0.15) is 0 Å². The number of halogens is 2. The molecule has 2 aromatic rings. The number of benzene rings is 1. The van der Waals surface area contributed by atoms with Crippen LogP contribution in [0.4, 0.5) is 4.39 Å². The SMILES string of the molecule is CC(C)(C)c1nnnc2c(F)cc(Cl)cc12. The molecule has 3 nitrogen and oxygen atoms in total. The lowest BCUT2D eigenvalue weighted by Gasteiger charge is -2.18. The fraction of sp³-hybridized carbons (Fsp3) is 0.364. The molecule has 5 heteroatoms. The molecule has 0 atom stereocenters. The topological polar surface area (TPSA) is 38.7 Å². The summed E-state index contributed by atoms with van der Waals surface area (Å²) in [5, 5.41) is 12.2. The first-order valence-corrected chi connectivity index (χ1v) is 5.26. The molecule has 0 N–H and O–H groups in total. The highest BCUT2D eigenvalue weighted by molar-refractivity contribution is 6.31. The molecule has 0 aliphatic carbocycles. The highest BCUT2D eigenvalue weighted by Crippen LogP contribution is 2.29. The van der Waals surface area contributed by atoms with Crippen molar-refractivity contribution >= 4 is 22.5 Å².